The normalized spacial score (nSPS) is 10.5. The van der Waals surface area contributed by atoms with Crippen molar-refractivity contribution in [3.8, 4) is 17.2 Å². The third-order valence-electron chi connectivity index (χ3n) is 3.51. The van der Waals surface area contributed by atoms with Crippen LogP contribution in [0.5, 0.6) is 17.2 Å². The zero-order valence-electron chi connectivity index (χ0n) is 12.8. The molecule has 1 N–H and O–H groups in total. The largest absolute Gasteiger partial charge is 0.507 e. The first-order chi connectivity index (χ1) is 11.2. The Kier molecular flexibility index (Phi) is 4.48. The van der Waals surface area contributed by atoms with Crippen molar-refractivity contribution >= 4 is 0 Å². The van der Waals surface area contributed by atoms with Crippen LogP contribution in [0.25, 0.3) is 0 Å². The monoisotopic (exact) mass is 306 g/mol. The Bertz CT molecular complexity index is 693. The van der Waals surface area contributed by atoms with Crippen molar-refractivity contribution in [1.29, 1.82) is 0 Å². The minimum Gasteiger partial charge on any atom is -0.507 e. The van der Waals surface area contributed by atoms with E-state index >= 15 is 0 Å². The Morgan fingerprint density at radius 2 is 1.22 bits per heavy atom. The lowest BCUT2D eigenvalue weighted by Crippen LogP contribution is -2.16. The maximum atomic E-state index is 10.3. The molecule has 0 amide bonds. The van der Waals surface area contributed by atoms with Crippen LogP contribution in [-0.4, -0.2) is 5.11 Å². The summed E-state index contributed by atoms with van der Waals surface area (Å²) in [4.78, 5) is 0. The van der Waals surface area contributed by atoms with Crippen molar-refractivity contribution < 1.29 is 14.6 Å². The van der Waals surface area contributed by atoms with Crippen LogP contribution in [0.4, 0.5) is 0 Å². The molecule has 23 heavy (non-hydrogen) atoms. The van der Waals surface area contributed by atoms with Crippen LogP contribution in [0.1, 0.15) is 17.4 Å². The van der Waals surface area contributed by atoms with E-state index < -0.39 is 6.29 Å². The maximum Gasteiger partial charge on any atom is 0.271 e. The van der Waals surface area contributed by atoms with E-state index in [9.17, 15) is 5.11 Å². The van der Waals surface area contributed by atoms with Crippen molar-refractivity contribution in [2.45, 2.75) is 13.2 Å². The van der Waals surface area contributed by atoms with Crippen LogP contribution < -0.4 is 9.47 Å². The molecular weight excluding hydrogens is 288 g/mol. The number of aryl methyl sites for hydroxylation is 1. The molecule has 0 radical (unpaired) electrons. The van der Waals surface area contributed by atoms with Crippen LogP contribution in [0, 0.1) is 6.92 Å². The molecule has 0 atom stereocenters. The van der Waals surface area contributed by atoms with Crippen molar-refractivity contribution in [2.75, 3.05) is 0 Å². The van der Waals surface area contributed by atoms with E-state index in [1.54, 1.807) is 12.1 Å². The Labute approximate surface area is 135 Å². The van der Waals surface area contributed by atoms with Crippen LogP contribution in [0.2, 0.25) is 0 Å². The van der Waals surface area contributed by atoms with Gasteiger partial charge >= 0.3 is 0 Å². The van der Waals surface area contributed by atoms with Crippen LogP contribution in [0.15, 0.2) is 78.9 Å². The summed E-state index contributed by atoms with van der Waals surface area (Å²) in [5, 5.41) is 10.3. The molecule has 3 heteroatoms. The van der Waals surface area contributed by atoms with Crippen LogP contribution in [0.3, 0.4) is 0 Å². The number of hydrogen-bond donors (Lipinski definition) is 1. The zero-order valence-corrected chi connectivity index (χ0v) is 12.8. The quantitative estimate of drug-likeness (QED) is 0.684. The topological polar surface area (TPSA) is 38.7 Å². The molecule has 0 aromatic heterocycles. The fourth-order valence-corrected chi connectivity index (χ4v) is 2.36. The molecule has 0 bridgehead atoms. The van der Waals surface area contributed by atoms with E-state index in [0.717, 1.165) is 5.56 Å². The van der Waals surface area contributed by atoms with Gasteiger partial charge < -0.3 is 14.6 Å². The zero-order chi connectivity index (χ0) is 16.1. The van der Waals surface area contributed by atoms with Gasteiger partial charge in [0.05, 0.1) is 5.56 Å². The number of rotatable bonds is 5. The Balaban J connectivity index is 1.96. The van der Waals surface area contributed by atoms with Crippen molar-refractivity contribution in [3.63, 3.8) is 0 Å². The summed E-state index contributed by atoms with van der Waals surface area (Å²) in [5.41, 5.74) is 1.53. The van der Waals surface area contributed by atoms with Crippen molar-refractivity contribution in [2.24, 2.45) is 0 Å². The SMILES string of the molecule is Cc1cccc(O)c1C(Oc1ccccc1)Oc1ccccc1. The van der Waals surface area contributed by atoms with E-state index in [-0.39, 0.29) is 5.75 Å². The molecule has 0 spiro atoms. The second-order valence-corrected chi connectivity index (χ2v) is 5.20. The summed E-state index contributed by atoms with van der Waals surface area (Å²) in [6, 6.07) is 24.2. The third-order valence-corrected chi connectivity index (χ3v) is 3.51. The Hall–Kier alpha value is -2.94. The molecule has 0 fully saturated rings. The Morgan fingerprint density at radius 1 is 0.696 bits per heavy atom. The number of ether oxygens (including phenoxy) is 2. The van der Waals surface area contributed by atoms with Gasteiger partial charge in [-0.15, -0.1) is 0 Å². The predicted octanol–water partition coefficient (Wildman–Crippen LogP) is 4.86. The average Bonchev–Trinajstić information content (AvgIpc) is 2.56. The van der Waals surface area contributed by atoms with Gasteiger partial charge in [0.15, 0.2) is 0 Å². The van der Waals surface area contributed by atoms with Gasteiger partial charge in [0.25, 0.3) is 6.29 Å². The summed E-state index contributed by atoms with van der Waals surface area (Å²) >= 11 is 0. The fourth-order valence-electron chi connectivity index (χ4n) is 2.36. The molecule has 0 aliphatic heterocycles. The first-order valence-electron chi connectivity index (χ1n) is 7.46. The smallest absolute Gasteiger partial charge is 0.271 e. The minimum absolute atomic E-state index is 0.155. The number of hydrogen-bond acceptors (Lipinski definition) is 3. The van der Waals surface area contributed by atoms with Gasteiger partial charge in [-0.3, -0.25) is 0 Å². The Morgan fingerprint density at radius 3 is 1.70 bits per heavy atom. The summed E-state index contributed by atoms with van der Waals surface area (Å²) in [6.07, 6.45) is -0.735. The number of phenolic OH excluding ortho intramolecular Hbond substituents is 1. The highest BCUT2D eigenvalue weighted by Gasteiger charge is 2.21. The van der Waals surface area contributed by atoms with E-state index in [4.69, 9.17) is 9.47 Å². The van der Waals surface area contributed by atoms with Gasteiger partial charge in [-0.05, 0) is 42.8 Å². The van der Waals surface area contributed by atoms with E-state index in [1.165, 1.54) is 0 Å². The van der Waals surface area contributed by atoms with Gasteiger partial charge in [-0.1, -0.05) is 48.5 Å². The van der Waals surface area contributed by atoms with Crippen LogP contribution in [-0.2, 0) is 0 Å². The predicted molar refractivity (Wildman–Crippen MR) is 89.7 cm³/mol. The lowest BCUT2D eigenvalue weighted by Gasteiger charge is -2.23. The summed E-state index contributed by atoms with van der Waals surface area (Å²) in [6.45, 7) is 1.92. The minimum atomic E-state index is -0.735. The van der Waals surface area contributed by atoms with E-state index in [2.05, 4.69) is 0 Å². The molecule has 116 valence electrons. The first kappa shape index (κ1) is 15.0. The van der Waals surface area contributed by atoms with Crippen LogP contribution >= 0.6 is 0 Å². The molecule has 0 aliphatic carbocycles. The summed E-state index contributed by atoms with van der Waals surface area (Å²) in [5.74, 6) is 1.51. The molecule has 3 aromatic carbocycles. The van der Waals surface area contributed by atoms with Crippen molar-refractivity contribution in [3.05, 3.63) is 90.0 Å². The highest BCUT2D eigenvalue weighted by molar-refractivity contribution is 5.41. The summed E-state index contributed by atoms with van der Waals surface area (Å²) in [7, 11) is 0. The highest BCUT2D eigenvalue weighted by atomic mass is 16.7. The molecule has 0 aliphatic rings. The van der Waals surface area contributed by atoms with Gasteiger partial charge in [-0.25, -0.2) is 0 Å². The fraction of sp³-hybridized carbons (Fsp3) is 0.100. The second kappa shape index (κ2) is 6.88. The van der Waals surface area contributed by atoms with Gasteiger partial charge in [0.2, 0.25) is 0 Å². The molecule has 3 aromatic rings. The molecule has 0 unspecified atom stereocenters. The molecule has 0 saturated heterocycles. The maximum absolute atomic E-state index is 10.3. The average molecular weight is 306 g/mol. The molecule has 0 saturated carbocycles. The second-order valence-electron chi connectivity index (χ2n) is 5.20. The highest BCUT2D eigenvalue weighted by Crippen LogP contribution is 2.33. The standard InChI is InChI=1S/C20H18O3/c1-15-9-8-14-18(21)19(15)20(22-16-10-4-2-5-11-16)23-17-12-6-3-7-13-17/h2-14,20-21H,1H3. The van der Waals surface area contributed by atoms with Gasteiger partial charge in [0.1, 0.15) is 17.2 Å². The summed E-state index contributed by atoms with van der Waals surface area (Å²) < 4.78 is 12.0. The third kappa shape index (κ3) is 3.64. The lowest BCUT2D eigenvalue weighted by molar-refractivity contribution is 0.00166. The lowest BCUT2D eigenvalue weighted by atomic mass is 10.1. The van der Waals surface area contributed by atoms with E-state index in [0.29, 0.717) is 17.1 Å². The van der Waals surface area contributed by atoms with Gasteiger partial charge in [0, 0.05) is 0 Å². The van der Waals surface area contributed by atoms with Crippen molar-refractivity contribution in [1.82, 2.24) is 0 Å². The molecule has 3 rings (SSSR count). The molecule has 0 heterocycles. The number of aromatic hydroxyl groups is 1. The number of para-hydroxylation sites is 2. The number of phenols is 1. The number of benzene rings is 3. The van der Waals surface area contributed by atoms with E-state index in [1.807, 2.05) is 73.7 Å². The molecule has 3 nitrogen and oxygen atoms in total. The van der Waals surface area contributed by atoms with Gasteiger partial charge in [-0.2, -0.15) is 0 Å². The first-order valence-corrected chi connectivity index (χ1v) is 7.46. The molecular formula is C20H18O3.